The Morgan fingerprint density at radius 2 is 2.04 bits per heavy atom. The highest BCUT2D eigenvalue weighted by atomic mass is 32.1. The fourth-order valence-electron chi connectivity index (χ4n) is 2.43. The molecule has 3 aromatic rings. The Morgan fingerprint density at radius 1 is 1.19 bits per heavy atom. The molecular weight excluding hydrogens is 362 g/mol. The van der Waals surface area contributed by atoms with E-state index >= 15 is 0 Å². The number of carbonyl (C=O) groups excluding carboxylic acids is 1. The molecule has 0 aliphatic rings. The van der Waals surface area contributed by atoms with Gasteiger partial charge in [-0.25, -0.2) is 4.98 Å². The SMILES string of the molecule is COc1ccc(CC(=O)NCCc2csc(COc3cccnc3)n2)cc1. The van der Waals surface area contributed by atoms with Crippen molar-refractivity contribution < 1.29 is 14.3 Å². The number of thiazole rings is 1. The van der Waals surface area contributed by atoms with E-state index in [-0.39, 0.29) is 5.91 Å². The lowest BCUT2D eigenvalue weighted by Gasteiger charge is -2.05. The van der Waals surface area contributed by atoms with Crippen molar-refractivity contribution in [3.63, 3.8) is 0 Å². The predicted molar refractivity (Wildman–Crippen MR) is 104 cm³/mol. The molecule has 0 bridgehead atoms. The monoisotopic (exact) mass is 383 g/mol. The molecule has 1 N–H and O–H groups in total. The highest BCUT2D eigenvalue weighted by molar-refractivity contribution is 7.09. The van der Waals surface area contributed by atoms with Crippen LogP contribution in [0.15, 0.2) is 54.2 Å². The third-order valence-electron chi connectivity index (χ3n) is 3.82. The first-order chi connectivity index (χ1) is 13.2. The molecule has 1 amide bonds. The van der Waals surface area contributed by atoms with Gasteiger partial charge >= 0.3 is 0 Å². The van der Waals surface area contributed by atoms with Crippen molar-refractivity contribution in [2.75, 3.05) is 13.7 Å². The Morgan fingerprint density at radius 3 is 2.78 bits per heavy atom. The van der Waals surface area contributed by atoms with Crippen LogP contribution in [0.4, 0.5) is 0 Å². The lowest BCUT2D eigenvalue weighted by atomic mass is 10.1. The fourth-order valence-corrected chi connectivity index (χ4v) is 3.17. The number of nitrogens with zero attached hydrogens (tertiary/aromatic N) is 2. The molecule has 0 saturated heterocycles. The van der Waals surface area contributed by atoms with Crippen molar-refractivity contribution in [1.29, 1.82) is 0 Å². The fraction of sp³-hybridized carbons (Fsp3) is 0.250. The maximum atomic E-state index is 12.0. The van der Waals surface area contributed by atoms with Gasteiger partial charge in [0, 0.05) is 24.5 Å². The topological polar surface area (TPSA) is 73.3 Å². The number of aromatic nitrogens is 2. The predicted octanol–water partition coefficient (Wildman–Crippen LogP) is 3.03. The largest absolute Gasteiger partial charge is 0.497 e. The molecule has 6 nitrogen and oxygen atoms in total. The van der Waals surface area contributed by atoms with Crippen LogP contribution in [0.25, 0.3) is 0 Å². The number of benzene rings is 1. The Balaban J connectivity index is 1.38. The molecule has 0 fully saturated rings. The zero-order valence-corrected chi connectivity index (χ0v) is 15.9. The average Bonchev–Trinajstić information content (AvgIpc) is 3.15. The normalized spacial score (nSPS) is 10.4. The van der Waals surface area contributed by atoms with Crippen LogP contribution in [-0.2, 0) is 24.2 Å². The summed E-state index contributed by atoms with van der Waals surface area (Å²) >= 11 is 1.55. The van der Waals surface area contributed by atoms with Gasteiger partial charge in [-0.3, -0.25) is 9.78 Å². The van der Waals surface area contributed by atoms with E-state index in [1.807, 2.05) is 41.8 Å². The lowest BCUT2D eigenvalue weighted by molar-refractivity contribution is -0.120. The van der Waals surface area contributed by atoms with Gasteiger partial charge in [-0.05, 0) is 29.8 Å². The van der Waals surface area contributed by atoms with Gasteiger partial charge in [0.15, 0.2) is 0 Å². The standard InChI is InChI=1S/C20H21N3O3S/c1-25-17-6-4-15(5-7-17)11-19(24)22-10-8-16-14-27-20(23-16)13-26-18-3-2-9-21-12-18/h2-7,9,12,14H,8,10-11,13H2,1H3,(H,22,24). The summed E-state index contributed by atoms with van der Waals surface area (Å²) in [5.74, 6) is 1.50. The third kappa shape index (κ3) is 6.07. The summed E-state index contributed by atoms with van der Waals surface area (Å²) in [6.45, 7) is 0.974. The van der Waals surface area contributed by atoms with Crippen molar-refractivity contribution in [2.45, 2.75) is 19.4 Å². The molecular formula is C20H21N3O3S. The van der Waals surface area contributed by atoms with Crippen LogP contribution in [0.5, 0.6) is 11.5 Å². The number of amides is 1. The maximum absolute atomic E-state index is 12.0. The van der Waals surface area contributed by atoms with E-state index in [2.05, 4.69) is 15.3 Å². The van der Waals surface area contributed by atoms with Gasteiger partial charge in [0.1, 0.15) is 23.1 Å². The van der Waals surface area contributed by atoms with Crippen molar-refractivity contribution in [3.8, 4) is 11.5 Å². The summed E-state index contributed by atoms with van der Waals surface area (Å²) in [6, 6.07) is 11.2. The summed E-state index contributed by atoms with van der Waals surface area (Å²) in [4.78, 5) is 20.6. The molecule has 0 atom stereocenters. The van der Waals surface area contributed by atoms with Crippen LogP contribution < -0.4 is 14.8 Å². The first-order valence-corrected chi connectivity index (χ1v) is 9.46. The van der Waals surface area contributed by atoms with Crippen molar-refractivity contribution in [1.82, 2.24) is 15.3 Å². The molecule has 0 radical (unpaired) electrons. The quantitative estimate of drug-likeness (QED) is 0.615. The molecule has 3 rings (SSSR count). The van der Waals surface area contributed by atoms with Gasteiger partial charge in [0.05, 0.1) is 25.4 Å². The first kappa shape index (κ1) is 18.8. The number of carbonyl (C=O) groups is 1. The molecule has 0 aliphatic carbocycles. The average molecular weight is 383 g/mol. The summed E-state index contributed by atoms with van der Waals surface area (Å²) < 4.78 is 10.8. The van der Waals surface area contributed by atoms with Crippen LogP contribution in [0.3, 0.4) is 0 Å². The Labute approximate surface area is 162 Å². The van der Waals surface area contributed by atoms with E-state index in [4.69, 9.17) is 9.47 Å². The van der Waals surface area contributed by atoms with Gasteiger partial charge in [0.2, 0.25) is 5.91 Å². The second-order valence-electron chi connectivity index (χ2n) is 5.83. The molecule has 140 valence electrons. The van der Waals surface area contributed by atoms with E-state index in [1.165, 1.54) is 0 Å². The number of pyridine rings is 1. The lowest BCUT2D eigenvalue weighted by Crippen LogP contribution is -2.27. The molecule has 27 heavy (non-hydrogen) atoms. The highest BCUT2D eigenvalue weighted by Gasteiger charge is 2.06. The van der Waals surface area contributed by atoms with Gasteiger partial charge in [0.25, 0.3) is 0 Å². The van der Waals surface area contributed by atoms with E-state index in [0.29, 0.717) is 26.0 Å². The van der Waals surface area contributed by atoms with Crippen LogP contribution in [0.2, 0.25) is 0 Å². The number of hydrogen-bond donors (Lipinski definition) is 1. The minimum atomic E-state index is -0.00414. The molecule has 7 heteroatoms. The van der Waals surface area contributed by atoms with E-state index in [9.17, 15) is 4.79 Å². The van der Waals surface area contributed by atoms with E-state index < -0.39 is 0 Å². The van der Waals surface area contributed by atoms with Crippen LogP contribution in [0, 0.1) is 0 Å². The van der Waals surface area contributed by atoms with Gasteiger partial charge < -0.3 is 14.8 Å². The minimum Gasteiger partial charge on any atom is -0.497 e. The van der Waals surface area contributed by atoms with Crippen LogP contribution >= 0.6 is 11.3 Å². The summed E-state index contributed by atoms with van der Waals surface area (Å²) in [5, 5.41) is 5.83. The second-order valence-corrected chi connectivity index (χ2v) is 6.78. The third-order valence-corrected chi connectivity index (χ3v) is 4.69. The maximum Gasteiger partial charge on any atom is 0.224 e. The molecule has 0 unspecified atom stereocenters. The summed E-state index contributed by atoms with van der Waals surface area (Å²) in [6.07, 6.45) is 4.42. The molecule has 2 heterocycles. The molecule has 1 aromatic carbocycles. The Bertz CT molecular complexity index is 850. The molecule has 0 spiro atoms. The number of rotatable bonds is 9. The zero-order chi connectivity index (χ0) is 18.9. The number of ether oxygens (including phenoxy) is 2. The second kappa shape index (κ2) is 9.68. The molecule has 0 saturated carbocycles. The smallest absolute Gasteiger partial charge is 0.224 e. The number of hydrogen-bond acceptors (Lipinski definition) is 6. The van der Waals surface area contributed by atoms with Gasteiger partial charge in [-0.2, -0.15) is 0 Å². The molecule has 0 aliphatic heterocycles. The van der Waals surface area contributed by atoms with Gasteiger partial charge in [-0.1, -0.05) is 12.1 Å². The Hall–Kier alpha value is -2.93. The van der Waals surface area contributed by atoms with Gasteiger partial charge in [-0.15, -0.1) is 11.3 Å². The van der Waals surface area contributed by atoms with E-state index in [0.717, 1.165) is 27.8 Å². The number of nitrogens with one attached hydrogen (secondary N) is 1. The van der Waals surface area contributed by atoms with Crippen LogP contribution in [-0.4, -0.2) is 29.5 Å². The molecule has 2 aromatic heterocycles. The first-order valence-electron chi connectivity index (χ1n) is 8.58. The van der Waals surface area contributed by atoms with E-state index in [1.54, 1.807) is 30.8 Å². The summed E-state index contributed by atoms with van der Waals surface area (Å²) in [5.41, 5.74) is 1.91. The van der Waals surface area contributed by atoms with Crippen molar-refractivity contribution in [3.05, 3.63) is 70.4 Å². The van der Waals surface area contributed by atoms with Crippen molar-refractivity contribution in [2.24, 2.45) is 0 Å². The summed E-state index contributed by atoms with van der Waals surface area (Å²) in [7, 11) is 1.62. The Kier molecular flexibility index (Phi) is 6.76. The highest BCUT2D eigenvalue weighted by Crippen LogP contribution is 2.14. The van der Waals surface area contributed by atoms with Crippen LogP contribution in [0.1, 0.15) is 16.3 Å². The van der Waals surface area contributed by atoms with Crippen molar-refractivity contribution >= 4 is 17.2 Å². The number of methoxy groups -OCH3 is 1. The zero-order valence-electron chi connectivity index (χ0n) is 15.1. The minimum absolute atomic E-state index is 0.00414.